The fourth-order valence-electron chi connectivity index (χ4n) is 1.20. The first-order chi connectivity index (χ1) is 7.61. The Morgan fingerprint density at radius 1 is 1.44 bits per heavy atom. The van der Waals surface area contributed by atoms with Crippen molar-refractivity contribution >= 4 is 5.78 Å². The van der Waals surface area contributed by atoms with Gasteiger partial charge in [-0.1, -0.05) is 0 Å². The van der Waals surface area contributed by atoms with Crippen molar-refractivity contribution in [3.63, 3.8) is 0 Å². The Morgan fingerprint density at radius 3 is 2.81 bits per heavy atom. The van der Waals surface area contributed by atoms with Crippen LogP contribution in [0.2, 0.25) is 0 Å². The molecule has 0 aliphatic rings. The van der Waals surface area contributed by atoms with Crippen LogP contribution in [0.15, 0.2) is 18.3 Å². The Balaban J connectivity index is 2.50. The van der Waals surface area contributed by atoms with Crippen molar-refractivity contribution < 1.29 is 14.3 Å². The number of nitrogens with zero attached hydrogens (tertiary/aromatic N) is 1. The van der Waals surface area contributed by atoms with Gasteiger partial charge in [0, 0.05) is 6.20 Å². The SMILES string of the molecule is CC(=O)c1cccnc1OCCOC(C)C. The number of ether oxygens (including phenoxy) is 2. The second-order valence-electron chi connectivity index (χ2n) is 3.68. The van der Waals surface area contributed by atoms with Crippen molar-refractivity contribution in [2.45, 2.75) is 26.9 Å². The highest BCUT2D eigenvalue weighted by Gasteiger charge is 2.08. The Bertz CT molecular complexity index is 350. The molecule has 4 nitrogen and oxygen atoms in total. The summed E-state index contributed by atoms with van der Waals surface area (Å²) < 4.78 is 10.7. The fourth-order valence-corrected chi connectivity index (χ4v) is 1.20. The lowest BCUT2D eigenvalue weighted by Crippen LogP contribution is -2.13. The summed E-state index contributed by atoms with van der Waals surface area (Å²) in [6, 6.07) is 3.42. The number of hydrogen-bond donors (Lipinski definition) is 0. The lowest BCUT2D eigenvalue weighted by Gasteiger charge is -2.10. The van der Waals surface area contributed by atoms with Gasteiger partial charge in [0.25, 0.3) is 0 Å². The largest absolute Gasteiger partial charge is 0.475 e. The smallest absolute Gasteiger partial charge is 0.224 e. The van der Waals surface area contributed by atoms with Gasteiger partial charge in [-0.05, 0) is 32.9 Å². The molecule has 0 bridgehead atoms. The molecule has 0 radical (unpaired) electrons. The van der Waals surface area contributed by atoms with E-state index in [1.165, 1.54) is 6.92 Å². The number of carbonyl (C=O) groups excluding carboxylic acids is 1. The van der Waals surface area contributed by atoms with E-state index in [2.05, 4.69) is 4.98 Å². The lowest BCUT2D eigenvalue weighted by atomic mass is 10.2. The maximum Gasteiger partial charge on any atom is 0.224 e. The molecule has 0 aliphatic heterocycles. The zero-order valence-corrected chi connectivity index (χ0v) is 9.90. The molecule has 16 heavy (non-hydrogen) atoms. The summed E-state index contributed by atoms with van der Waals surface area (Å²) in [5, 5.41) is 0. The number of hydrogen-bond acceptors (Lipinski definition) is 4. The number of carbonyl (C=O) groups is 1. The molecule has 1 heterocycles. The molecule has 0 amide bonds. The third-order valence-electron chi connectivity index (χ3n) is 1.92. The molecule has 0 atom stereocenters. The molecule has 0 saturated heterocycles. The molecular formula is C12H17NO3. The average Bonchev–Trinajstić information content (AvgIpc) is 2.24. The van der Waals surface area contributed by atoms with Crippen molar-refractivity contribution in [2.24, 2.45) is 0 Å². The van der Waals surface area contributed by atoms with Crippen LogP contribution in [0.1, 0.15) is 31.1 Å². The predicted octanol–water partition coefficient (Wildman–Crippen LogP) is 2.09. The van der Waals surface area contributed by atoms with Gasteiger partial charge in [-0.15, -0.1) is 0 Å². The van der Waals surface area contributed by atoms with Crippen LogP contribution in [0.25, 0.3) is 0 Å². The second kappa shape index (κ2) is 6.23. The summed E-state index contributed by atoms with van der Waals surface area (Å²) in [7, 11) is 0. The maximum absolute atomic E-state index is 11.3. The molecule has 0 spiro atoms. The third-order valence-corrected chi connectivity index (χ3v) is 1.92. The van der Waals surface area contributed by atoms with E-state index >= 15 is 0 Å². The maximum atomic E-state index is 11.3. The van der Waals surface area contributed by atoms with Crippen LogP contribution in [0, 0.1) is 0 Å². The van der Waals surface area contributed by atoms with E-state index < -0.39 is 0 Å². The number of pyridine rings is 1. The first-order valence-electron chi connectivity index (χ1n) is 5.31. The first kappa shape index (κ1) is 12.6. The van der Waals surface area contributed by atoms with Crippen LogP contribution >= 0.6 is 0 Å². The molecule has 1 rings (SSSR count). The Hall–Kier alpha value is -1.42. The van der Waals surface area contributed by atoms with E-state index in [9.17, 15) is 4.79 Å². The summed E-state index contributed by atoms with van der Waals surface area (Å²) >= 11 is 0. The average molecular weight is 223 g/mol. The number of Topliss-reactive ketones (excluding diaryl/α,β-unsaturated/α-hetero) is 1. The van der Waals surface area contributed by atoms with Gasteiger partial charge in [-0.3, -0.25) is 4.79 Å². The highest BCUT2D eigenvalue weighted by Crippen LogP contribution is 2.14. The van der Waals surface area contributed by atoms with Crippen molar-refractivity contribution in [3.05, 3.63) is 23.9 Å². The summed E-state index contributed by atoms with van der Waals surface area (Å²) in [6.45, 7) is 6.30. The van der Waals surface area contributed by atoms with E-state index in [0.29, 0.717) is 24.7 Å². The van der Waals surface area contributed by atoms with Gasteiger partial charge in [0.1, 0.15) is 6.61 Å². The quantitative estimate of drug-likeness (QED) is 0.547. The summed E-state index contributed by atoms with van der Waals surface area (Å²) in [5.41, 5.74) is 0.507. The molecule has 0 aromatic carbocycles. The molecule has 0 saturated carbocycles. The topological polar surface area (TPSA) is 48.4 Å². The second-order valence-corrected chi connectivity index (χ2v) is 3.68. The van der Waals surface area contributed by atoms with Crippen LogP contribution in [-0.4, -0.2) is 30.1 Å². The number of rotatable bonds is 6. The molecule has 1 aromatic rings. The van der Waals surface area contributed by atoms with Crippen LogP contribution < -0.4 is 4.74 Å². The van der Waals surface area contributed by atoms with Gasteiger partial charge in [0.2, 0.25) is 5.88 Å². The normalized spacial score (nSPS) is 10.5. The first-order valence-corrected chi connectivity index (χ1v) is 5.31. The highest BCUT2D eigenvalue weighted by atomic mass is 16.5. The Morgan fingerprint density at radius 2 is 2.19 bits per heavy atom. The van der Waals surface area contributed by atoms with Gasteiger partial charge >= 0.3 is 0 Å². The molecule has 88 valence electrons. The van der Waals surface area contributed by atoms with Gasteiger partial charge in [-0.2, -0.15) is 0 Å². The minimum Gasteiger partial charge on any atom is -0.475 e. The molecule has 4 heteroatoms. The molecule has 0 aliphatic carbocycles. The Kier molecular flexibility index (Phi) is 4.92. The minimum absolute atomic E-state index is 0.0483. The zero-order chi connectivity index (χ0) is 12.0. The summed E-state index contributed by atoms with van der Waals surface area (Å²) in [5.74, 6) is 0.329. The van der Waals surface area contributed by atoms with Gasteiger partial charge in [0.15, 0.2) is 5.78 Å². The summed E-state index contributed by atoms with van der Waals surface area (Å²) in [6.07, 6.45) is 1.78. The van der Waals surface area contributed by atoms with E-state index in [4.69, 9.17) is 9.47 Å². The molecule has 0 N–H and O–H groups in total. The van der Waals surface area contributed by atoms with Crippen LogP contribution in [-0.2, 0) is 4.74 Å². The standard InChI is InChI=1S/C12H17NO3/c1-9(2)15-7-8-16-12-11(10(3)14)5-4-6-13-12/h4-6,9H,7-8H2,1-3H3. The van der Waals surface area contributed by atoms with Crippen LogP contribution in [0.3, 0.4) is 0 Å². The van der Waals surface area contributed by atoms with Crippen molar-refractivity contribution in [3.8, 4) is 5.88 Å². The fraction of sp³-hybridized carbons (Fsp3) is 0.500. The van der Waals surface area contributed by atoms with Gasteiger partial charge in [0.05, 0.1) is 18.3 Å². The predicted molar refractivity (Wildman–Crippen MR) is 60.8 cm³/mol. The number of ketones is 1. The number of aromatic nitrogens is 1. The molecule has 1 aromatic heterocycles. The zero-order valence-electron chi connectivity index (χ0n) is 9.90. The van der Waals surface area contributed by atoms with E-state index in [-0.39, 0.29) is 11.9 Å². The summed E-state index contributed by atoms with van der Waals surface area (Å²) in [4.78, 5) is 15.3. The van der Waals surface area contributed by atoms with E-state index in [0.717, 1.165) is 0 Å². The van der Waals surface area contributed by atoms with E-state index in [1.54, 1.807) is 18.3 Å². The van der Waals surface area contributed by atoms with Crippen molar-refractivity contribution in [2.75, 3.05) is 13.2 Å². The van der Waals surface area contributed by atoms with Crippen LogP contribution in [0.5, 0.6) is 5.88 Å². The van der Waals surface area contributed by atoms with Gasteiger partial charge < -0.3 is 9.47 Å². The highest BCUT2D eigenvalue weighted by molar-refractivity contribution is 5.96. The Labute approximate surface area is 95.6 Å². The minimum atomic E-state index is -0.0483. The monoisotopic (exact) mass is 223 g/mol. The lowest BCUT2D eigenvalue weighted by molar-refractivity contribution is 0.0539. The molecule has 0 unspecified atom stereocenters. The van der Waals surface area contributed by atoms with Crippen molar-refractivity contribution in [1.29, 1.82) is 0 Å². The van der Waals surface area contributed by atoms with Crippen molar-refractivity contribution in [1.82, 2.24) is 4.98 Å². The molecule has 0 fully saturated rings. The van der Waals surface area contributed by atoms with Crippen LogP contribution in [0.4, 0.5) is 0 Å². The van der Waals surface area contributed by atoms with E-state index in [1.807, 2.05) is 13.8 Å². The third kappa shape index (κ3) is 3.98. The molecular weight excluding hydrogens is 206 g/mol. The van der Waals surface area contributed by atoms with Gasteiger partial charge in [-0.25, -0.2) is 4.98 Å².